The lowest BCUT2D eigenvalue weighted by molar-refractivity contribution is -0.153. The van der Waals surface area contributed by atoms with Crippen LogP contribution in [0.3, 0.4) is 0 Å². The maximum absolute atomic E-state index is 11.6. The van der Waals surface area contributed by atoms with Crippen LogP contribution in [0.25, 0.3) is 0 Å². The number of esters is 1. The van der Waals surface area contributed by atoms with Crippen LogP contribution >= 0.6 is 0 Å². The summed E-state index contributed by atoms with van der Waals surface area (Å²) in [6, 6.07) is 6.35. The molecule has 0 saturated heterocycles. The van der Waals surface area contributed by atoms with E-state index in [1.165, 1.54) is 12.1 Å². The molecule has 2 N–H and O–H groups in total. The molecule has 0 fully saturated rings. The van der Waals surface area contributed by atoms with Crippen molar-refractivity contribution in [2.75, 3.05) is 0 Å². The lowest BCUT2D eigenvalue weighted by atomic mass is 10.0. The normalized spacial score (nSPS) is 10.9. The van der Waals surface area contributed by atoms with Gasteiger partial charge in [0.25, 0.3) is 0 Å². The quantitative estimate of drug-likeness (QED) is 0.639. The smallest absolute Gasteiger partial charge is 0.335 e. The predicted molar refractivity (Wildman–Crippen MR) is 75.3 cm³/mol. The van der Waals surface area contributed by atoms with Crippen molar-refractivity contribution in [2.24, 2.45) is 0 Å². The SMILES string of the molecule is CC(C)(C)OC(=O)CC(=N)Cc1cccc(C(=O)O)c1. The zero-order valence-corrected chi connectivity index (χ0v) is 11.9. The first-order chi connectivity index (χ1) is 9.17. The first-order valence-electron chi connectivity index (χ1n) is 6.28. The molecule has 0 bridgehead atoms. The van der Waals surface area contributed by atoms with Crippen LogP contribution in [-0.4, -0.2) is 28.4 Å². The van der Waals surface area contributed by atoms with E-state index < -0.39 is 17.5 Å². The van der Waals surface area contributed by atoms with E-state index in [0.717, 1.165) is 0 Å². The van der Waals surface area contributed by atoms with Gasteiger partial charge >= 0.3 is 11.9 Å². The molecule has 20 heavy (non-hydrogen) atoms. The molecule has 1 rings (SSSR count). The Morgan fingerprint density at radius 1 is 1.30 bits per heavy atom. The Bertz CT molecular complexity index is 529. The molecule has 1 aromatic rings. The third-order valence-corrected chi connectivity index (χ3v) is 2.37. The summed E-state index contributed by atoms with van der Waals surface area (Å²) in [7, 11) is 0. The number of hydrogen-bond acceptors (Lipinski definition) is 4. The van der Waals surface area contributed by atoms with Crippen molar-refractivity contribution in [3.8, 4) is 0 Å². The summed E-state index contributed by atoms with van der Waals surface area (Å²) >= 11 is 0. The molecule has 108 valence electrons. The average molecular weight is 277 g/mol. The Morgan fingerprint density at radius 2 is 1.95 bits per heavy atom. The minimum absolute atomic E-state index is 0.0887. The Balaban J connectivity index is 2.61. The molecule has 5 heteroatoms. The molecule has 0 aliphatic heterocycles. The van der Waals surface area contributed by atoms with Crippen LogP contribution in [0.1, 0.15) is 43.1 Å². The lowest BCUT2D eigenvalue weighted by Gasteiger charge is -2.19. The first-order valence-corrected chi connectivity index (χ1v) is 6.28. The molecule has 0 atom stereocenters. The monoisotopic (exact) mass is 277 g/mol. The van der Waals surface area contributed by atoms with E-state index in [4.69, 9.17) is 15.3 Å². The minimum atomic E-state index is -1.01. The zero-order valence-electron chi connectivity index (χ0n) is 11.9. The van der Waals surface area contributed by atoms with E-state index in [9.17, 15) is 9.59 Å². The van der Waals surface area contributed by atoms with Crippen molar-refractivity contribution in [1.82, 2.24) is 0 Å². The largest absolute Gasteiger partial charge is 0.478 e. The Labute approximate surface area is 118 Å². The molecular weight excluding hydrogens is 258 g/mol. The number of nitrogens with one attached hydrogen (secondary N) is 1. The highest BCUT2D eigenvalue weighted by Crippen LogP contribution is 2.11. The highest BCUT2D eigenvalue weighted by atomic mass is 16.6. The number of ether oxygens (including phenoxy) is 1. The van der Waals surface area contributed by atoms with Crippen molar-refractivity contribution in [3.63, 3.8) is 0 Å². The van der Waals surface area contributed by atoms with Crippen LogP contribution in [0, 0.1) is 5.41 Å². The number of carbonyl (C=O) groups is 2. The van der Waals surface area contributed by atoms with Crippen molar-refractivity contribution in [1.29, 1.82) is 5.41 Å². The Hall–Kier alpha value is -2.17. The van der Waals surface area contributed by atoms with Gasteiger partial charge in [0, 0.05) is 12.1 Å². The fourth-order valence-electron chi connectivity index (χ4n) is 1.68. The van der Waals surface area contributed by atoms with Gasteiger partial charge in [-0.05, 0) is 38.5 Å². The van der Waals surface area contributed by atoms with Crippen molar-refractivity contribution >= 4 is 17.7 Å². The number of aromatic carboxylic acids is 1. The van der Waals surface area contributed by atoms with E-state index in [1.807, 2.05) is 0 Å². The summed E-state index contributed by atoms with van der Waals surface area (Å²) in [4.78, 5) is 22.4. The number of carbonyl (C=O) groups excluding carboxylic acids is 1. The molecule has 0 aliphatic rings. The summed E-state index contributed by atoms with van der Waals surface area (Å²) in [6.07, 6.45) is 0.148. The van der Waals surface area contributed by atoms with Crippen LogP contribution in [-0.2, 0) is 16.0 Å². The zero-order chi connectivity index (χ0) is 15.3. The molecule has 0 aromatic heterocycles. The summed E-state index contributed by atoms with van der Waals surface area (Å²) in [5, 5.41) is 16.7. The molecule has 0 amide bonds. The highest BCUT2D eigenvalue weighted by Gasteiger charge is 2.17. The number of carboxylic acid groups (broad SMARTS) is 1. The summed E-state index contributed by atoms with van der Waals surface area (Å²) in [5.41, 5.74) is 0.494. The van der Waals surface area contributed by atoms with Gasteiger partial charge in [-0.2, -0.15) is 0 Å². The number of benzene rings is 1. The van der Waals surface area contributed by atoms with Gasteiger partial charge in [-0.15, -0.1) is 0 Å². The molecule has 0 aliphatic carbocycles. The molecule has 0 radical (unpaired) electrons. The molecule has 0 heterocycles. The molecule has 5 nitrogen and oxygen atoms in total. The van der Waals surface area contributed by atoms with Gasteiger partial charge in [-0.1, -0.05) is 12.1 Å². The van der Waals surface area contributed by atoms with Gasteiger partial charge in [-0.3, -0.25) is 4.79 Å². The van der Waals surface area contributed by atoms with Gasteiger partial charge in [0.1, 0.15) is 5.60 Å². The maximum Gasteiger partial charge on any atom is 0.335 e. The third-order valence-electron chi connectivity index (χ3n) is 2.37. The lowest BCUT2D eigenvalue weighted by Crippen LogP contribution is -2.25. The van der Waals surface area contributed by atoms with Crippen molar-refractivity contribution in [3.05, 3.63) is 35.4 Å². The third kappa shape index (κ3) is 5.65. The Kier molecular flexibility index (Phi) is 5.02. The molecular formula is C15H19NO4. The molecule has 0 unspecified atom stereocenters. The van der Waals surface area contributed by atoms with Gasteiger partial charge in [0.05, 0.1) is 12.0 Å². The predicted octanol–water partition coefficient (Wildman–Crippen LogP) is 2.68. The van der Waals surface area contributed by atoms with E-state index in [-0.39, 0.29) is 24.1 Å². The van der Waals surface area contributed by atoms with Gasteiger partial charge in [0.2, 0.25) is 0 Å². The fraction of sp³-hybridized carbons (Fsp3) is 0.400. The van der Waals surface area contributed by atoms with E-state index >= 15 is 0 Å². The fourth-order valence-corrected chi connectivity index (χ4v) is 1.68. The van der Waals surface area contributed by atoms with Gasteiger partial charge < -0.3 is 15.3 Å². The second kappa shape index (κ2) is 6.32. The average Bonchev–Trinajstić information content (AvgIpc) is 2.25. The molecule has 0 spiro atoms. The standard InChI is InChI=1S/C15H19NO4/c1-15(2,3)20-13(17)9-12(16)8-10-5-4-6-11(7-10)14(18)19/h4-7,16H,8-9H2,1-3H3,(H,18,19). The second-order valence-corrected chi connectivity index (χ2v) is 5.55. The number of hydrogen-bond donors (Lipinski definition) is 2. The summed E-state index contributed by atoms with van der Waals surface area (Å²) in [5.74, 6) is -1.46. The van der Waals surface area contributed by atoms with Gasteiger partial charge in [-0.25, -0.2) is 4.79 Å². The van der Waals surface area contributed by atoms with E-state index in [0.29, 0.717) is 5.56 Å². The number of carboxylic acids is 1. The topological polar surface area (TPSA) is 87.5 Å². The van der Waals surface area contributed by atoms with Gasteiger partial charge in [0.15, 0.2) is 0 Å². The van der Waals surface area contributed by atoms with Crippen LogP contribution < -0.4 is 0 Å². The first kappa shape index (κ1) is 15.9. The Morgan fingerprint density at radius 3 is 2.50 bits per heavy atom. The second-order valence-electron chi connectivity index (χ2n) is 5.55. The molecule has 0 saturated carbocycles. The summed E-state index contributed by atoms with van der Waals surface area (Å²) in [6.45, 7) is 5.31. The van der Waals surface area contributed by atoms with Crippen LogP contribution in [0.15, 0.2) is 24.3 Å². The van der Waals surface area contributed by atoms with Crippen LogP contribution in [0.4, 0.5) is 0 Å². The van der Waals surface area contributed by atoms with E-state index in [1.54, 1.807) is 32.9 Å². The van der Waals surface area contributed by atoms with Crippen LogP contribution in [0.2, 0.25) is 0 Å². The van der Waals surface area contributed by atoms with Crippen molar-refractivity contribution < 1.29 is 19.4 Å². The van der Waals surface area contributed by atoms with Crippen LogP contribution in [0.5, 0.6) is 0 Å². The van der Waals surface area contributed by atoms with Crippen molar-refractivity contribution in [2.45, 2.75) is 39.2 Å². The minimum Gasteiger partial charge on any atom is -0.478 e. The summed E-state index contributed by atoms with van der Waals surface area (Å²) < 4.78 is 5.13. The number of rotatable bonds is 5. The van der Waals surface area contributed by atoms with E-state index in [2.05, 4.69) is 0 Å². The highest BCUT2D eigenvalue weighted by molar-refractivity contribution is 5.98. The molecule has 1 aromatic carbocycles. The maximum atomic E-state index is 11.6.